The maximum Gasteiger partial charge on any atom is 0.324 e. The summed E-state index contributed by atoms with van der Waals surface area (Å²) >= 11 is 0. The number of hydrogen-bond donors (Lipinski definition) is 3. The molecule has 0 saturated heterocycles. The molecule has 0 fully saturated rings. The molecule has 0 bridgehead atoms. The van der Waals surface area contributed by atoms with Crippen LogP contribution >= 0.6 is 0 Å². The number of ether oxygens (including phenoxy) is 1. The number of carbonyl (C=O) groups excluding carboxylic acids is 1. The Morgan fingerprint density at radius 3 is 2.46 bits per heavy atom. The molecule has 6 rings (SSSR count). The van der Waals surface area contributed by atoms with Gasteiger partial charge in [-0.05, 0) is 60.4 Å². The quantitative estimate of drug-likeness (QED) is 0.137. The topological polar surface area (TPSA) is 119 Å². The Labute approximate surface area is 280 Å². The first-order valence-electron chi connectivity index (χ1n) is 16.2. The molecule has 0 unspecified atom stereocenters. The molecule has 244 valence electrons. The summed E-state index contributed by atoms with van der Waals surface area (Å²) in [6.45, 7) is 10.8. The van der Waals surface area contributed by atoms with Crippen LogP contribution in [0.1, 0.15) is 57.1 Å². The molecule has 10 nitrogen and oxygen atoms in total. The number of carbonyl (C=O) groups is 1. The van der Waals surface area contributed by atoms with E-state index in [0.717, 1.165) is 46.3 Å². The van der Waals surface area contributed by atoms with Crippen molar-refractivity contribution in [2.75, 3.05) is 16.0 Å². The van der Waals surface area contributed by atoms with Crippen molar-refractivity contribution in [3.05, 3.63) is 120 Å². The predicted octanol–water partition coefficient (Wildman–Crippen LogP) is 8.60. The van der Waals surface area contributed by atoms with Crippen molar-refractivity contribution in [3.63, 3.8) is 0 Å². The third kappa shape index (κ3) is 7.44. The molecule has 0 aliphatic rings. The average Bonchev–Trinajstić information content (AvgIpc) is 3.52. The molecule has 3 aromatic carbocycles. The minimum atomic E-state index is -0.368. The first-order valence-corrected chi connectivity index (χ1v) is 16.2. The van der Waals surface area contributed by atoms with Gasteiger partial charge >= 0.3 is 6.03 Å². The largest absolute Gasteiger partial charge is 0.488 e. The molecule has 0 aliphatic heterocycles. The Balaban J connectivity index is 1.19. The maximum atomic E-state index is 13.5. The molecule has 3 heterocycles. The van der Waals surface area contributed by atoms with E-state index in [9.17, 15) is 4.79 Å². The van der Waals surface area contributed by atoms with Crippen molar-refractivity contribution >= 4 is 39.9 Å². The van der Waals surface area contributed by atoms with Crippen molar-refractivity contribution in [2.45, 2.75) is 59.5 Å². The second kappa shape index (κ2) is 13.9. The van der Waals surface area contributed by atoms with Gasteiger partial charge in [0.05, 0.1) is 29.0 Å². The van der Waals surface area contributed by atoms with Crippen LogP contribution < -0.4 is 20.7 Å². The fourth-order valence-electron chi connectivity index (χ4n) is 5.28. The van der Waals surface area contributed by atoms with Gasteiger partial charge in [0.1, 0.15) is 29.8 Å². The summed E-state index contributed by atoms with van der Waals surface area (Å²) in [5.74, 6) is 2.59. The maximum absolute atomic E-state index is 13.5. The Kier molecular flexibility index (Phi) is 9.33. The number of hydrogen-bond acceptors (Lipinski definition) is 7. The average molecular weight is 641 g/mol. The van der Waals surface area contributed by atoms with Gasteiger partial charge in [-0.2, -0.15) is 5.10 Å². The zero-order valence-corrected chi connectivity index (χ0v) is 27.9. The Morgan fingerprint density at radius 2 is 1.67 bits per heavy atom. The van der Waals surface area contributed by atoms with Crippen LogP contribution in [-0.4, -0.2) is 30.8 Å². The van der Waals surface area contributed by atoms with E-state index in [4.69, 9.17) is 9.84 Å². The van der Waals surface area contributed by atoms with Crippen LogP contribution in [-0.2, 0) is 24.9 Å². The zero-order chi connectivity index (χ0) is 33.7. The van der Waals surface area contributed by atoms with Gasteiger partial charge in [-0.1, -0.05) is 71.0 Å². The second-order valence-corrected chi connectivity index (χ2v) is 12.5. The van der Waals surface area contributed by atoms with Gasteiger partial charge in [0.25, 0.3) is 0 Å². The highest BCUT2D eigenvalue weighted by molar-refractivity contribution is 6.07. The van der Waals surface area contributed by atoms with Crippen LogP contribution in [0.15, 0.2) is 97.5 Å². The highest BCUT2D eigenvalue weighted by atomic mass is 16.5. The highest BCUT2D eigenvalue weighted by Crippen LogP contribution is 2.33. The molecular formula is C38H40N8O2. The summed E-state index contributed by atoms with van der Waals surface area (Å²) in [4.78, 5) is 26.7. The van der Waals surface area contributed by atoms with Crippen LogP contribution in [0.5, 0.6) is 5.75 Å². The van der Waals surface area contributed by atoms with E-state index in [-0.39, 0.29) is 11.4 Å². The van der Waals surface area contributed by atoms with E-state index in [1.165, 1.54) is 5.56 Å². The van der Waals surface area contributed by atoms with Gasteiger partial charge in [-0.25, -0.2) is 19.4 Å². The number of amides is 2. The minimum Gasteiger partial charge on any atom is -0.488 e. The van der Waals surface area contributed by atoms with Crippen LogP contribution in [0.25, 0.3) is 16.5 Å². The summed E-state index contributed by atoms with van der Waals surface area (Å²) < 4.78 is 8.09. The molecule has 0 saturated carbocycles. The van der Waals surface area contributed by atoms with E-state index in [1.54, 1.807) is 23.3 Å². The summed E-state index contributed by atoms with van der Waals surface area (Å²) in [6.07, 6.45) is 6.87. The number of nitrogens with zero attached hydrogens (tertiary/aromatic N) is 5. The molecule has 0 spiro atoms. The summed E-state index contributed by atoms with van der Waals surface area (Å²) in [5, 5.41) is 15.9. The number of aryl methyl sites for hydroxylation is 2. The van der Waals surface area contributed by atoms with Gasteiger partial charge in [-0.3, -0.25) is 10.3 Å². The van der Waals surface area contributed by atoms with Crippen molar-refractivity contribution < 1.29 is 9.53 Å². The van der Waals surface area contributed by atoms with Gasteiger partial charge in [-0.15, -0.1) is 0 Å². The number of fused-ring (bicyclic) bond motifs is 1. The number of pyridine rings is 1. The Bertz CT molecular complexity index is 2060. The summed E-state index contributed by atoms with van der Waals surface area (Å²) in [7, 11) is 0. The molecular weight excluding hydrogens is 600 g/mol. The van der Waals surface area contributed by atoms with Crippen molar-refractivity contribution in [1.82, 2.24) is 24.7 Å². The fourth-order valence-corrected chi connectivity index (χ4v) is 5.28. The van der Waals surface area contributed by atoms with E-state index < -0.39 is 0 Å². The van der Waals surface area contributed by atoms with E-state index >= 15 is 0 Å². The lowest BCUT2D eigenvalue weighted by Crippen LogP contribution is -2.21. The van der Waals surface area contributed by atoms with Crippen LogP contribution in [0.4, 0.5) is 27.9 Å². The Hall–Kier alpha value is -5.77. The van der Waals surface area contributed by atoms with Gasteiger partial charge < -0.3 is 15.4 Å². The van der Waals surface area contributed by atoms with Crippen molar-refractivity contribution in [2.24, 2.45) is 0 Å². The fraction of sp³-hybridized carbons (Fsp3) is 0.237. The lowest BCUT2D eigenvalue weighted by Gasteiger charge is -2.15. The number of urea groups is 1. The number of aromatic nitrogens is 5. The lowest BCUT2D eigenvalue weighted by atomic mass is 9.92. The third-order valence-corrected chi connectivity index (χ3v) is 7.94. The number of rotatable bonds is 10. The van der Waals surface area contributed by atoms with E-state index in [0.29, 0.717) is 35.5 Å². The zero-order valence-electron chi connectivity index (χ0n) is 27.9. The predicted molar refractivity (Wildman–Crippen MR) is 191 cm³/mol. The molecule has 0 atom stereocenters. The van der Waals surface area contributed by atoms with Gasteiger partial charge in [0.15, 0.2) is 0 Å². The molecule has 0 radical (unpaired) electrons. The normalized spacial score (nSPS) is 11.4. The van der Waals surface area contributed by atoms with Crippen LogP contribution in [0.2, 0.25) is 0 Å². The van der Waals surface area contributed by atoms with Gasteiger partial charge in [0, 0.05) is 34.6 Å². The molecule has 6 aromatic rings. The second-order valence-electron chi connectivity index (χ2n) is 12.5. The van der Waals surface area contributed by atoms with E-state index in [2.05, 4.69) is 70.7 Å². The number of nitrogens with one attached hydrogen (secondary N) is 3. The molecule has 10 heteroatoms. The molecule has 3 N–H and O–H groups in total. The lowest BCUT2D eigenvalue weighted by molar-refractivity contribution is 0.262. The Morgan fingerprint density at radius 1 is 0.833 bits per heavy atom. The van der Waals surface area contributed by atoms with Crippen LogP contribution in [0, 0.1) is 0 Å². The van der Waals surface area contributed by atoms with E-state index in [1.807, 2.05) is 73.7 Å². The summed E-state index contributed by atoms with van der Waals surface area (Å²) in [6, 6.07) is 25.2. The molecule has 0 aliphatic carbocycles. The van der Waals surface area contributed by atoms with Gasteiger partial charge in [0.2, 0.25) is 0 Å². The standard InChI is InChI=1S/C38H40N8O2/c1-6-25-11-10-12-28(19-25)46-36(21-33(45-46)38(3,4)5)44-37(47)42-31-15-16-32(30-14-9-8-13-29(30)31)48-24-26-17-18-40-34(20-26)43-35-23-39-22-27(7-2)41-35/h8-23H,6-7,24H2,1-5H3,(H,40,41,43)(H2,42,44,47). The van der Waals surface area contributed by atoms with Crippen molar-refractivity contribution in [1.29, 1.82) is 0 Å². The monoisotopic (exact) mass is 640 g/mol. The first-order chi connectivity index (χ1) is 23.2. The smallest absolute Gasteiger partial charge is 0.324 e. The van der Waals surface area contributed by atoms with Crippen molar-refractivity contribution in [3.8, 4) is 11.4 Å². The molecule has 2 amide bonds. The highest BCUT2D eigenvalue weighted by Gasteiger charge is 2.22. The number of benzene rings is 3. The third-order valence-electron chi connectivity index (χ3n) is 7.94. The minimum absolute atomic E-state index is 0.198. The number of anilines is 4. The first kappa shape index (κ1) is 32.2. The molecule has 48 heavy (non-hydrogen) atoms. The summed E-state index contributed by atoms with van der Waals surface area (Å²) in [5.41, 5.74) is 5.27. The SMILES string of the molecule is CCc1cccc(-n2nc(C(C)(C)C)cc2NC(=O)Nc2ccc(OCc3ccnc(Nc4cncc(CC)n4)c3)c3ccccc23)c1. The van der Waals surface area contributed by atoms with Crippen LogP contribution in [0.3, 0.4) is 0 Å². The molecule has 3 aromatic heterocycles.